The van der Waals surface area contributed by atoms with Crippen LogP contribution in [0.25, 0.3) is 28.0 Å². The Morgan fingerprint density at radius 3 is 2.61 bits per heavy atom. The summed E-state index contributed by atoms with van der Waals surface area (Å²) in [4.78, 5) is 43.1. The number of piperazine rings is 1. The molecule has 1 amide bonds. The molecule has 0 radical (unpaired) electrons. The van der Waals surface area contributed by atoms with E-state index in [-0.39, 0.29) is 51.4 Å². The summed E-state index contributed by atoms with van der Waals surface area (Å²) in [5.74, 6) is -0.700. The third-order valence-electron chi connectivity index (χ3n) is 8.71. The van der Waals surface area contributed by atoms with Gasteiger partial charge in [0.15, 0.2) is 5.65 Å². The molecule has 4 aromatic rings. The first-order valence-corrected chi connectivity index (χ1v) is 15.0. The van der Waals surface area contributed by atoms with Crippen molar-refractivity contribution in [2.45, 2.75) is 45.7 Å². The van der Waals surface area contributed by atoms with Crippen molar-refractivity contribution in [3.05, 3.63) is 81.6 Å². The minimum Gasteiger partial charge on any atom is -0.398 e. The Labute approximate surface area is 260 Å². The first-order chi connectivity index (χ1) is 20.9. The van der Waals surface area contributed by atoms with E-state index in [2.05, 4.69) is 16.5 Å². The molecule has 2 unspecified atom stereocenters. The molecule has 228 valence electrons. The van der Waals surface area contributed by atoms with Crippen molar-refractivity contribution >= 4 is 45.6 Å². The number of aryl methyl sites for hydroxylation is 1. The Kier molecular flexibility index (Phi) is 7.36. The molecule has 0 saturated carbocycles. The van der Waals surface area contributed by atoms with Gasteiger partial charge in [-0.25, -0.2) is 9.37 Å². The average molecular weight is 616 g/mol. The fourth-order valence-corrected chi connectivity index (χ4v) is 6.89. The molecule has 1 fully saturated rings. The maximum Gasteiger partial charge on any atom is 0.282 e. The van der Waals surface area contributed by atoms with Gasteiger partial charge in [-0.3, -0.25) is 19.1 Å². The van der Waals surface area contributed by atoms with E-state index in [0.717, 1.165) is 11.3 Å². The maximum absolute atomic E-state index is 15.3. The molecular weight excluding hydrogens is 581 g/mol. The van der Waals surface area contributed by atoms with E-state index >= 15 is 4.39 Å². The zero-order valence-electron chi connectivity index (χ0n) is 25.4. The smallest absolute Gasteiger partial charge is 0.282 e. The summed E-state index contributed by atoms with van der Waals surface area (Å²) >= 11 is 6.92. The normalized spacial score (nSPS) is 18.0. The highest BCUT2D eigenvalue weighted by Crippen LogP contribution is 2.44. The van der Waals surface area contributed by atoms with Crippen LogP contribution in [0.1, 0.15) is 37.9 Å². The molecule has 0 bridgehead atoms. The van der Waals surface area contributed by atoms with Gasteiger partial charge in [0.2, 0.25) is 5.91 Å². The van der Waals surface area contributed by atoms with E-state index in [9.17, 15) is 9.59 Å². The summed E-state index contributed by atoms with van der Waals surface area (Å²) in [6.45, 7) is 13.1. The highest BCUT2D eigenvalue weighted by Gasteiger charge is 2.41. The lowest BCUT2D eigenvalue weighted by atomic mass is 9.98. The van der Waals surface area contributed by atoms with E-state index in [4.69, 9.17) is 22.3 Å². The predicted octanol–water partition coefficient (Wildman–Crippen LogP) is 5.30. The molecule has 1 saturated heterocycles. The first kappa shape index (κ1) is 29.6. The molecule has 9 nitrogen and oxygen atoms in total. The lowest BCUT2D eigenvalue weighted by Crippen LogP contribution is -2.64. The Balaban J connectivity index is 1.73. The van der Waals surface area contributed by atoms with Crippen molar-refractivity contribution in [2.24, 2.45) is 0 Å². The number of nitrogens with zero attached hydrogens (tertiary/aromatic N) is 6. The number of hydrogen-bond acceptors (Lipinski definition) is 7. The van der Waals surface area contributed by atoms with Gasteiger partial charge in [-0.15, -0.1) is 0 Å². The number of carbonyl (C=O) groups excluding carboxylic acids is 1. The van der Waals surface area contributed by atoms with E-state index in [1.807, 2.05) is 50.6 Å². The summed E-state index contributed by atoms with van der Waals surface area (Å²) in [7, 11) is 1.88. The molecular formula is C33H35ClFN7O2. The van der Waals surface area contributed by atoms with Crippen LogP contribution in [-0.4, -0.2) is 64.1 Å². The Morgan fingerprint density at radius 1 is 1.18 bits per heavy atom. The number of amides is 1. The molecule has 0 spiro atoms. The largest absolute Gasteiger partial charge is 0.398 e. The lowest BCUT2D eigenvalue weighted by Gasteiger charge is -2.51. The van der Waals surface area contributed by atoms with Gasteiger partial charge in [-0.05, 0) is 55.7 Å². The number of carbonyl (C=O) groups is 1. The highest BCUT2D eigenvalue weighted by molar-refractivity contribution is 6.34. The van der Waals surface area contributed by atoms with Gasteiger partial charge in [0.25, 0.3) is 5.56 Å². The quantitative estimate of drug-likeness (QED) is 0.246. The standard InChI is InChI=1S/C33H35ClFN7O2/c1-7-25(43)40-16-20-15-39(6)31-30(41(20)14-19(40)5)21-13-22(34)28(26-23(35)9-8-10-24(26)36)38-32(21)42(33(31)44)29-18(4)11-12-37-27(29)17(2)3/h7-13,17,19-20H,1,14-16,36H2,2-6H3. The number of aromatic nitrogens is 3. The SMILES string of the molecule is C=CC(=O)N1CC2CN(C)c3c(c4cc(Cl)c(-c5c(N)cccc5F)nc4n(-c4c(C)ccnc4C(C)C)c3=O)N2CC1C. The summed E-state index contributed by atoms with van der Waals surface area (Å²) in [6, 6.07) is 7.80. The van der Waals surface area contributed by atoms with Crippen LogP contribution in [0.3, 0.4) is 0 Å². The molecule has 3 aromatic heterocycles. The molecule has 2 atom stereocenters. The zero-order chi connectivity index (χ0) is 31.6. The van der Waals surface area contributed by atoms with Crippen molar-refractivity contribution in [3.8, 4) is 16.9 Å². The molecule has 0 aliphatic carbocycles. The second kappa shape index (κ2) is 10.9. The molecule has 2 aliphatic rings. The highest BCUT2D eigenvalue weighted by atomic mass is 35.5. The number of fused-ring (bicyclic) bond motifs is 5. The van der Waals surface area contributed by atoms with Crippen molar-refractivity contribution in [1.82, 2.24) is 19.4 Å². The van der Waals surface area contributed by atoms with Crippen molar-refractivity contribution < 1.29 is 9.18 Å². The van der Waals surface area contributed by atoms with Crippen molar-refractivity contribution in [3.63, 3.8) is 0 Å². The molecule has 2 aliphatic heterocycles. The van der Waals surface area contributed by atoms with Crippen LogP contribution in [-0.2, 0) is 4.79 Å². The van der Waals surface area contributed by atoms with E-state index in [0.29, 0.717) is 47.7 Å². The van der Waals surface area contributed by atoms with Crippen molar-refractivity contribution in [2.75, 3.05) is 42.2 Å². The minimum atomic E-state index is -0.567. The monoisotopic (exact) mass is 615 g/mol. The second-order valence-corrected chi connectivity index (χ2v) is 12.4. The number of nitrogens with two attached hydrogens (primary N) is 1. The Bertz CT molecular complexity index is 1890. The lowest BCUT2D eigenvalue weighted by molar-refractivity contribution is -0.128. The number of hydrogen-bond donors (Lipinski definition) is 1. The van der Waals surface area contributed by atoms with Gasteiger partial charge in [0.1, 0.15) is 11.5 Å². The predicted molar refractivity (Wildman–Crippen MR) is 175 cm³/mol. The Hall–Kier alpha value is -4.44. The fraction of sp³-hybridized carbons (Fsp3) is 0.333. The Morgan fingerprint density at radius 2 is 1.93 bits per heavy atom. The van der Waals surface area contributed by atoms with Gasteiger partial charge in [-0.1, -0.05) is 38.1 Å². The molecule has 5 heterocycles. The number of nitrogen functional groups attached to an aromatic ring is 1. The zero-order valence-corrected chi connectivity index (χ0v) is 26.2. The molecule has 2 N–H and O–H groups in total. The van der Waals surface area contributed by atoms with Crippen LogP contribution < -0.4 is 21.1 Å². The van der Waals surface area contributed by atoms with Gasteiger partial charge >= 0.3 is 0 Å². The fourth-order valence-electron chi connectivity index (χ4n) is 6.65. The maximum atomic E-state index is 15.3. The minimum absolute atomic E-state index is 0.00435. The molecule has 1 aromatic carbocycles. The van der Waals surface area contributed by atoms with Crippen LogP contribution in [0.4, 0.5) is 21.5 Å². The van der Waals surface area contributed by atoms with Gasteiger partial charge in [0.05, 0.1) is 39.4 Å². The van der Waals surface area contributed by atoms with Crippen molar-refractivity contribution in [1.29, 1.82) is 0 Å². The average Bonchev–Trinajstić information content (AvgIpc) is 2.97. The third-order valence-corrected chi connectivity index (χ3v) is 9.00. The number of benzene rings is 1. The third kappa shape index (κ3) is 4.51. The summed E-state index contributed by atoms with van der Waals surface area (Å²) in [6.07, 6.45) is 3.07. The number of likely N-dealkylation sites (N-methyl/N-ethyl adjacent to an activating group) is 1. The van der Waals surface area contributed by atoms with Crippen LogP contribution in [0.5, 0.6) is 0 Å². The number of anilines is 3. The van der Waals surface area contributed by atoms with Crippen LogP contribution in [0.2, 0.25) is 5.02 Å². The number of halogens is 2. The summed E-state index contributed by atoms with van der Waals surface area (Å²) < 4.78 is 16.9. The van der Waals surface area contributed by atoms with E-state index in [1.54, 1.807) is 22.9 Å². The van der Waals surface area contributed by atoms with E-state index < -0.39 is 5.82 Å². The molecule has 11 heteroatoms. The van der Waals surface area contributed by atoms with Crippen LogP contribution in [0, 0.1) is 12.7 Å². The van der Waals surface area contributed by atoms with Gasteiger partial charge in [-0.2, -0.15) is 0 Å². The first-order valence-electron chi connectivity index (χ1n) is 14.6. The topological polar surface area (TPSA) is 101 Å². The number of rotatable bonds is 4. The number of pyridine rings is 3. The van der Waals surface area contributed by atoms with Crippen LogP contribution >= 0.6 is 11.6 Å². The van der Waals surface area contributed by atoms with Gasteiger partial charge in [0, 0.05) is 50.0 Å². The summed E-state index contributed by atoms with van der Waals surface area (Å²) in [5, 5.41) is 0.834. The molecule has 6 rings (SSSR count). The molecule has 44 heavy (non-hydrogen) atoms. The second-order valence-electron chi connectivity index (χ2n) is 12.0. The summed E-state index contributed by atoms with van der Waals surface area (Å²) in [5.41, 5.74) is 10.1. The van der Waals surface area contributed by atoms with Crippen LogP contribution in [0.15, 0.2) is 54.0 Å². The van der Waals surface area contributed by atoms with Gasteiger partial charge < -0.3 is 20.4 Å². The van der Waals surface area contributed by atoms with E-state index in [1.165, 1.54) is 18.2 Å².